The minimum atomic E-state index is -0.475. The third kappa shape index (κ3) is 4.28. The van der Waals surface area contributed by atoms with Gasteiger partial charge in [0.05, 0.1) is 25.1 Å². The number of nitrogens with one attached hydrogen (secondary N) is 1. The van der Waals surface area contributed by atoms with E-state index >= 15 is 0 Å². The number of ether oxygens (including phenoxy) is 1. The number of methoxy groups -OCH3 is 1. The molecule has 1 saturated heterocycles. The number of benzene rings is 1. The molecule has 1 unspecified atom stereocenters. The van der Waals surface area contributed by atoms with Crippen LogP contribution in [0.5, 0.6) is 5.88 Å². The third-order valence-corrected chi connectivity index (χ3v) is 4.61. The minimum absolute atomic E-state index is 0.139. The summed E-state index contributed by atoms with van der Waals surface area (Å²) >= 11 is 0. The van der Waals surface area contributed by atoms with E-state index in [0.29, 0.717) is 24.7 Å². The van der Waals surface area contributed by atoms with Crippen molar-refractivity contribution in [2.24, 2.45) is 5.92 Å². The van der Waals surface area contributed by atoms with Gasteiger partial charge in [0, 0.05) is 19.2 Å². The molecule has 2 heterocycles. The van der Waals surface area contributed by atoms with E-state index in [9.17, 15) is 9.90 Å². The van der Waals surface area contributed by atoms with E-state index in [1.807, 2.05) is 30.3 Å². The lowest BCUT2D eigenvalue weighted by atomic mass is 9.87. The van der Waals surface area contributed by atoms with Gasteiger partial charge in [0.15, 0.2) is 0 Å². The number of aliphatic hydroxyl groups excluding tert-OH is 1. The molecule has 6 nitrogen and oxygen atoms in total. The number of pyridine rings is 1. The first kappa shape index (κ1) is 17.2. The zero-order valence-electron chi connectivity index (χ0n) is 14.3. The van der Waals surface area contributed by atoms with Gasteiger partial charge in [-0.3, -0.25) is 0 Å². The standard InChI is InChI=1S/C19H23N3O3/c1-25-17-8-7-16(13-20-17)21-19(24)22-11-9-15(10-12-22)18(23)14-5-3-2-4-6-14/h2-8,13,15,18,23H,9-12H2,1H3,(H,21,24). The van der Waals surface area contributed by atoms with Crippen LogP contribution in [-0.2, 0) is 0 Å². The van der Waals surface area contributed by atoms with Crippen LogP contribution in [0.1, 0.15) is 24.5 Å². The van der Waals surface area contributed by atoms with Crippen LogP contribution in [0.15, 0.2) is 48.7 Å². The molecule has 0 aliphatic carbocycles. The Hall–Kier alpha value is -2.60. The van der Waals surface area contributed by atoms with E-state index in [0.717, 1.165) is 18.4 Å². The van der Waals surface area contributed by atoms with E-state index in [2.05, 4.69) is 10.3 Å². The molecule has 2 aromatic rings. The van der Waals surface area contributed by atoms with E-state index in [1.165, 1.54) is 0 Å². The number of rotatable bonds is 4. The molecule has 1 aliphatic heterocycles. The van der Waals surface area contributed by atoms with Crippen LogP contribution in [0, 0.1) is 5.92 Å². The topological polar surface area (TPSA) is 74.7 Å². The molecular formula is C19H23N3O3. The summed E-state index contributed by atoms with van der Waals surface area (Å²) in [6, 6.07) is 13.0. The summed E-state index contributed by atoms with van der Waals surface area (Å²) in [5.74, 6) is 0.683. The quantitative estimate of drug-likeness (QED) is 0.896. The van der Waals surface area contributed by atoms with Gasteiger partial charge in [-0.2, -0.15) is 0 Å². The summed E-state index contributed by atoms with van der Waals surface area (Å²) in [5, 5.41) is 13.4. The van der Waals surface area contributed by atoms with Crippen molar-refractivity contribution in [3.8, 4) is 5.88 Å². The second-order valence-electron chi connectivity index (χ2n) is 6.20. The predicted octanol–water partition coefficient (Wildman–Crippen LogP) is 3.07. The van der Waals surface area contributed by atoms with Crippen molar-refractivity contribution in [1.29, 1.82) is 0 Å². The molecule has 132 valence electrons. The summed E-state index contributed by atoms with van der Waals surface area (Å²) in [6.45, 7) is 1.26. The van der Waals surface area contributed by atoms with Crippen molar-refractivity contribution in [3.63, 3.8) is 0 Å². The molecule has 2 N–H and O–H groups in total. The maximum Gasteiger partial charge on any atom is 0.321 e. The van der Waals surface area contributed by atoms with Crippen molar-refractivity contribution in [3.05, 3.63) is 54.2 Å². The highest BCUT2D eigenvalue weighted by atomic mass is 16.5. The van der Waals surface area contributed by atoms with Crippen molar-refractivity contribution >= 4 is 11.7 Å². The number of likely N-dealkylation sites (tertiary alicyclic amines) is 1. The van der Waals surface area contributed by atoms with Crippen LogP contribution in [0.3, 0.4) is 0 Å². The lowest BCUT2D eigenvalue weighted by Gasteiger charge is -2.34. The largest absolute Gasteiger partial charge is 0.481 e. The van der Waals surface area contributed by atoms with Gasteiger partial charge in [-0.1, -0.05) is 30.3 Å². The smallest absolute Gasteiger partial charge is 0.321 e. The van der Waals surface area contributed by atoms with E-state index in [1.54, 1.807) is 30.3 Å². The fourth-order valence-electron chi connectivity index (χ4n) is 3.12. The van der Waals surface area contributed by atoms with E-state index < -0.39 is 6.10 Å². The highest BCUT2D eigenvalue weighted by Gasteiger charge is 2.28. The summed E-state index contributed by atoms with van der Waals surface area (Å²) in [4.78, 5) is 18.2. The Bertz CT molecular complexity index is 683. The van der Waals surface area contributed by atoms with Gasteiger partial charge < -0.3 is 20.1 Å². The molecule has 1 aliphatic rings. The van der Waals surface area contributed by atoms with Crippen molar-refractivity contribution < 1.29 is 14.6 Å². The zero-order valence-corrected chi connectivity index (χ0v) is 14.3. The van der Waals surface area contributed by atoms with Crippen LogP contribution in [0.2, 0.25) is 0 Å². The molecule has 1 fully saturated rings. The monoisotopic (exact) mass is 341 g/mol. The molecule has 1 aromatic heterocycles. The molecule has 6 heteroatoms. The lowest BCUT2D eigenvalue weighted by molar-refractivity contribution is 0.0683. The molecule has 3 rings (SSSR count). The Morgan fingerprint density at radius 1 is 1.24 bits per heavy atom. The summed E-state index contributed by atoms with van der Waals surface area (Å²) in [6.07, 6.45) is 2.66. The Morgan fingerprint density at radius 3 is 2.56 bits per heavy atom. The Morgan fingerprint density at radius 2 is 1.96 bits per heavy atom. The second kappa shape index (κ2) is 7.98. The van der Waals surface area contributed by atoms with Gasteiger partial charge in [0.2, 0.25) is 5.88 Å². The molecule has 0 bridgehead atoms. The van der Waals surface area contributed by atoms with Crippen LogP contribution < -0.4 is 10.1 Å². The molecule has 1 aromatic carbocycles. The Balaban J connectivity index is 1.52. The van der Waals surface area contributed by atoms with Gasteiger partial charge in [0.1, 0.15) is 0 Å². The highest BCUT2D eigenvalue weighted by Crippen LogP contribution is 2.30. The highest BCUT2D eigenvalue weighted by molar-refractivity contribution is 5.89. The molecule has 0 saturated carbocycles. The normalized spacial score (nSPS) is 16.3. The molecule has 0 spiro atoms. The number of aromatic nitrogens is 1. The van der Waals surface area contributed by atoms with Crippen molar-refractivity contribution in [2.45, 2.75) is 18.9 Å². The first-order valence-corrected chi connectivity index (χ1v) is 8.46. The fourth-order valence-corrected chi connectivity index (χ4v) is 3.12. The lowest BCUT2D eigenvalue weighted by Crippen LogP contribution is -2.42. The fraction of sp³-hybridized carbons (Fsp3) is 0.368. The zero-order chi connectivity index (χ0) is 17.6. The maximum absolute atomic E-state index is 12.4. The van der Waals surface area contributed by atoms with E-state index in [-0.39, 0.29) is 11.9 Å². The van der Waals surface area contributed by atoms with Gasteiger partial charge >= 0.3 is 6.03 Å². The van der Waals surface area contributed by atoms with Gasteiger partial charge in [0.25, 0.3) is 0 Å². The number of aliphatic hydroxyl groups is 1. The number of piperidine rings is 1. The van der Waals surface area contributed by atoms with E-state index in [4.69, 9.17) is 4.74 Å². The summed E-state index contributed by atoms with van der Waals surface area (Å²) in [5.41, 5.74) is 1.58. The Labute approximate surface area is 147 Å². The minimum Gasteiger partial charge on any atom is -0.481 e. The first-order chi connectivity index (χ1) is 12.2. The molecular weight excluding hydrogens is 318 g/mol. The SMILES string of the molecule is COc1ccc(NC(=O)N2CCC(C(O)c3ccccc3)CC2)cn1. The average molecular weight is 341 g/mol. The molecule has 2 amide bonds. The number of amides is 2. The first-order valence-electron chi connectivity index (χ1n) is 8.46. The number of carbonyl (C=O) groups excluding carboxylic acids is 1. The van der Waals surface area contributed by atoms with Crippen LogP contribution in [0.4, 0.5) is 10.5 Å². The van der Waals surface area contributed by atoms with Crippen molar-refractivity contribution in [1.82, 2.24) is 9.88 Å². The number of urea groups is 1. The van der Waals surface area contributed by atoms with Crippen LogP contribution in [0.25, 0.3) is 0 Å². The van der Waals surface area contributed by atoms with Crippen LogP contribution >= 0.6 is 0 Å². The summed E-state index contributed by atoms with van der Waals surface area (Å²) < 4.78 is 5.00. The van der Waals surface area contributed by atoms with Gasteiger partial charge in [-0.05, 0) is 30.4 Å². The maximum atomic E-state index is 12.4. The molecule has 25 heavy (non-hydrogen) atoms. The van der Waals surface area contributed by atoms with Gasteiger partial charge in [-0.25, -0.2) is 9.78 Å². The molecule has 0 radical (unpaired) electrons. The number of hydrogen-bond donors (Lipinski definition) is 2. The average Bonchev–Trinajstić information content (AvgIpc) is 2.69. The predicted molar refractivity (Wildman–Crippen MR) is 95.5 cm³/mol. The summed E-state index contributed by atoms with van der Waals surface area (Å²) in [7, 11) is 1.55. The number of hydrogen-bond acceptors (Lipinski definition) is 4. The second-order valence-corrected chi connectivity index (χ2v) is 6.20. The number of carbonyl (C=O) groups is 1. The van der Waals surface area contributed by atoms with Gasteiger partial charge in [-0.15, -0.1) is 0 Å². The third-order valence-electron chi connectivity index (χ3n) is 4.61. The molecule has 1 atom stereocenters. The number of nitrogens with zero attached hydrogens (tertiary/aromatic N) is 2. The Kier molecular flexibility index (Phi) is 5.50. The number of anilines is 1. The van der Waals surface area contributed by atoms with Crippen LogP contribution in [-0.4, -0.2) is 41.2 Å². The van der Waals surface area contributed by atoms with Crippen molar-refractivity contribution in [2.75, 3.05) is 25.5 Å².